The number of hydrogen-bond donors (Lipinski definition) is 1. The van der Waals surface area contributed by atoms with Crippen molar-refractivity contribution in [2.45, 2.75) is 19.1 Å². The van der Waals surface area contributed by atoms with Gasteiger partial charge in [0.15, 0.2) is 0 Å². The Labute approximate surface area is 96.1 Å². The second-order valence-corrected chi connectivity index (χ2v) is 4.33. The Morgan fingerprint density at radius 3 is 3.12 bits per heavy atom. The van der Waals surface area contributed by atoms with E-state index in [0.29, 0.717) is 34.7 Å². The van der Waals surface area contributed by atoms with Gasteiger partial charge in [0.2, 0.25) is 0 Å². The van der Waals surface area contributed by atoms with Crippen molar-refractivity contribution in [3.05, 3.63) is 39.4 Å². The van der Waals surface area contributed by atoms with E-state index in [4.69, 9.17) is 11.6 Å². The number of hydrogen-bond acceptors (Lipinski definition) is 3. The zero-order chi connectivity index (χ0) is 11.3. The summed E-state index contributed by atoms with van der Waals surface area (Å²) in [5.74, 6) is 0.444. The van der Waals surface area contributed by atoms with Crippen LogP contribution >= 0.6 is 11.6 Å². The quantitative estimate of drug-likeness (QED) is 0.754. The van der Waals surface area contributed by atoms with Crippen LogP contribution in [-0.2, 0) is 6.54 Å². The third-order valence-electron chi connectivity index (χ3n) is 2.87. The summed E-state index contributed by atoms with van der Waals surface area (Å²) < 4.78 is 1.53. The van der Waals surface area contributed by atoms with E-state index in [1.54, 1.807) is 18.2 Å². The van der Waals surface area contributed by atoms with E-state index in [0.717, 1.165) is 0 Å². The Kier molecular flexibility index (Phi) is 2.02. The highest BCUT2D eigenvalue weighted by molar-refractivity contribution is 6.31. The van der Waals surface area contributed by atoms with Crippen molar-refractivity contribution in [1.82, 2.24) is 9.55 Å². The van der Waals surface area contributed by atoms with E-state index >= 15 is 0 Å². The third-order valence-corrected chi connectivity index (χ3v) is 3.11. The van der Waals surface area contributed by atoms with Gasteiger partial charge in [-0.25, -0.2) is 4.98 Å². The first-order valence-electron chi connectivity index (χ1n) is 5.05. The van der Waals surface area contributed by atoms with Crippen molar-refractivity contribution in [3.8, 4) is 0 Å². The van der Waals surface area contributed by atoms with Gasteiger partial charge in [-0.05, 0) is 24.6 Å². The maximum atomic E-state index is 12.0. The lowest BCUT2D eigenvalue weighted by Gasteiger charge is -2.06. The number of aliphatic hydroxyl groups excluding tert-OH is 1. The molecule has 82 valence electrons. The number of aromatic nitrogens is 2. The lowest BCUT2D eigenvalue weighted by Crippen LogP contribution is -2.21. The number of aliphatic hydroxyl groups is 1. The molecule has 1 aliphatic rings. The first-order valence-corrected chi connectivity index (χ1v) is 5.42. The number of nitrogens with zero attached hydrogens (tertiary/aromatic N) is 2. The lowest BCUT2D eigenvalue weighted by molar-refractivity contribution is 0.176. The molecule has 0 aliphatic carbocycles. The van der Waals surface area contributed by atoms with Crippen molar-refractivity contribution in [2.75, 3.05) is 0 Å². The molecule has 1 aromatic heterocycles. The Morgan fingerprint density at radius 2 is 2.31 bits per heavy atom. The molecule has 1 atom stereocenters. The fourth-order valence-corrected chi connectivity index (χ4v) is 2.23. The standard InChI is InChI=1S/C11H9ClN2O2/c12-6-1-2-7-8(5-6)13-10-9(15)3-4-14(10)11(7)16/h1-2,5,9,15H,3-4H2. The summed E-state index contributed by atoms with van der Waals surface area (Å²) >= 11 is 5.85. The highest BCUT2D eigenvalue weighted by Crippen LogP contribution is 2.24. The van der Waals surface area contributed by atoms with Gasteiger partial charge in [0.1, 0.15) is 11.9 Å². The zero-order valence-corrected chi connectivity index (χ0v) is 9.11. The SMILES string of the molecule is O=c1c2ccc(Cl)cc2nc2n1CCC2O. The van der Waals surface area contributed by atoms with Crippen molar-refractivity contribution in [3.63, 3.8) is 0 Å². The first-order chi connectivity index (χ1) is 7.66. The smallest absolute Gasteiger partial charge is 0.261 e. The maximum Gasteiger partial charge on any atom is 0.261 e. The van der Waals surface area contributed by atoms with Gasteiger partial charge in [0.05, 0.1) is 10.9 Å². The van der Waals surface area contributed by atoms with Crippen molar-refractivity contribution in [1.29, 1.82) is 0 Å². The van der Waals surface area contributed by atoms with Gasteiger partial charge in [0, 0.05) is 11.6 Å². The highest BCUT2D eigenvalue weighted by Gasteiger charge is 2.23. The molecule has 1 N–H and O–H groups in total. The molecular formula is C11H9ClN2O2. The number of rotatable bonds is 0. The van der Waals surface area contributed by atoms with Gasteiger partial charge in [-0.1, -0.05) is 11.6 Å². The van der Waals surface area contributed by atoms with Gasteiger partial charge >= 0.3 is 0 Å². The molecule has 3 rings (SSSR count). The normalized spacial score (nSPS) is 19.0. The molecule has 0 saturated carbocycles. The molecule has 0 radical (unpaired) electrons. The van der Waals surface area contributed by atoms with E-state index in [-0.39, 0.29) is 5.56 Å². The fraction of sp³-hybridized carbons (Fsp3) is 0.273. The Morgan fingerprint density at radius 1 is 1.50 bits per heavy atom. The van der Waals surface area contributed by atoms with E-state index < -0.39 is 6.10 Å². The Bertz CT molecular complexity index is 636. The summed E-state index contributed by atoms with van der Waals surface area (Å²) in [5, 5.41) is 10.8. The molecule has 0 spiro atoms. The Hall–Kier alpha value is -1.39. The molecule has 4 nitrogen and oxygen atoms in total. The summed E-state index contributed by atoms with van der Waals surface area (Å²) in [5.41, 5.74) is 0.443. The van der Waals surface area contributed by atoms with Crippen molar-refractivity contribution >= 4 is 22.5 Å². The van der Waals surface area contributed by atoms with Gasteiger partial charge in [0.25, 0.3) is 5.56 Å². The largest absolute Gasteiger partial charge is 0.385 e. The van der Waals surface area contributed by atoms with Crippen LogP contribution < -0.4 is 5.56 Å². The topological polar surface area (TPSA) is 55.1 Å². The lowest BCUT2D eigenvalue weighted by atomic mass is 10.2. The molecule has 2 heterocycles. The summed E-state index contributed by atoms with van der Waals surface area (Å²) in [7, 11) is 0. The van der Waals surface area contributed by atoms with Crippen LogP contribution in [0, 0.1) is 0 Å². The molecule has 0 fully saturated rings. The van der Waals surface area contributed by atoms with E-state index in [1.807, 2.05) is 0 Å². The molecule has 16 heavy (non-hydrogen) atoms. The van der Waals surface area contributed by atoms with E-state index in [2.05, 4.69) is 4.98 Å². The minimum atomic E-state index is -0.643. The highest BCUT2D eigenvalue weighted by atomic mass is 35.5. The number of halogens is 1. The second-order valence-electron chi connectivity index (χ2n) is 3.89. The monoisotopic (exact) mass is 236 g/mol. The van der Waals surface area contributed by atoms with Crippen LogP contribution in [0.5, 0.6) is 0 Å². The molecule has 1 aliphatic heterocycles. The maximum absolute atomic E-state index is 12.0. The fourth-order valence-electron chi connectivity index (χ4n) is 2.06. The van der Waals surface area contributed by atoms with Crippen LogP contribution in [-0.4, -0.2) is 14.7 Å². The van der Waals surface area contributed by atoms with Crippen molar-refractivity contribution < 1.29 is 5.11 Å². The molecule has 0 amide bonds. The third kappa shape index (κ3) is 1.27. The van der Waals surface area contributed by atoms with Crippen LogP contribution in [0.15, 0.2) is 23.0 Å². The summed E-state index contributed by atoms with van der Waals surface area (Å²) in [6.45, 7) is 0.529. The molecule has 0 bridgehead atoms. The van der Waals surface area contributed by atoms with Gasteiger partial charge < -0.3 is 5.11 Å². The second kappa shape index (κ2) is 3.30. The van der Waals surface area contributed by atoms with Gasteiger partial charge in [-0.2, -0.15) is 0 Å². The molecule has 0 saturated heterocycles. The Balaban J connectivity index is 2.44. The van der Waals surface area contributed by atoms with Crippen LogP contribution in [0.25, 0.3) is 10.9 Å². The number of benzene rings is 1. The van der Waals surface area contributed by atoms with Gasteiger partial charge in [-0.15, -0.1) is 0 Å². The van der Waals surface area contributed by atoms with Crippen molar-refractivity contribution in [2.24, 2.45) is 0 Å². The molecule has 5 heteroatoms. The summed E-state index contributed by atoms with van der Waals surface area (Å²) in [6.07, 6.45) is -0.0946. The average Bonchev–Trinajstić information content (AvgIpc) is 2.61. The average molecular weight is 237 g/mol. The molecule has 1 unspecified atom stereocenters. The van der Waals surface area contributed by atoms with Crippen LogP contribution in [0.4, 0.5) is 0 Å². The predicted molar refractivity (Wildman–Crippen MR) is 60.6 cm³/mol. The summed E-state index contributed by atoms with van der Waals surface area (Å²) in [4.78, 5) is 16.3. The minimum absolute atomic E-state index is 0.104. The molecule has 1 aromatic carbocycles. The van der Waals surface area contributed by atoms with E-state index in [1.165, 1.54) is 4.57 Å². The van der Waals surface area contributed by atoms with Crippen LogP contribution in [0.2, 0.25) is 5.02 Å². The minimum Gasteiger partial charge on any atom is -0.385 e. The predicted octanol–water partition coefficient (Wildman–Crippen LogP) is 1.49. The summed E-state index contributed by atoms with van der Waals surface area (Å²) in [6, 6.07) is 4.99. The number of fused-ring (bicyclic) bond motifs is 2. The zero-order valence-electron chi connectivity index (χ0n) is 8.35. The van der Waals surface area contributed by atoms with Gasteiger partial charge in [-0.3, -0.25) is 9.36 Å². The molecular weight excluding hydrogens is 228 g/mol. The van der Waals surface area contributed by atoms with Crippen LogP contribution in [0.1, 0.15) is 18.3 Å². The van der Waals surface area contributed by atoms with E-state index in [9.17, 15) is 9.90 Å². The first kappa shape index (κ1) is 9.81. The van der Waals surface area contributed by atoms with Crippen LogP contribution in [0.3, 0.4) is 0 Å². The molecule has 2 aromatic rings.